The Hall–Kier alpha value is -8.26. The van der Waals surface area contributed by atoms with Crippen molar-refractivity contribution in [3.8, 4) is 66.8 Å². The molecule has 1 nitrogen and oxygen atoms in total. The van der Waals surface area contributed by atoms with E-state index in [9.17, 15) is 0 Å². The summed E-state index contributed by atoms with van der Waals surface area (Å²) in [5.74, 6) is 0. The molecule has 0 aromatic heterocycles. The predicted molar refractivity (Wildman–Crippen MR) is 303 cm³/mol. The monoisotopic (exact) mass is 911 g/mol. The van der Waals surface area contributed by atoms with E-state index in [-0.39, 0.29) is 10.8 Å². The average molecular weight is 912 g/mol. The van der Waals surface area contributed by atoms with E-state index in [0.29, 0.717) is 0 Å². The molecule has 0 spiro atoms. The van der Waals surface area contributed by atoms with E-state index in [1.54, 1.807) is 0 Å². The van der Waals surface area contributed by atoms with Crippen LogP contribution < -0.4 is 4.90 Å². The first-order chi connectivity index (χ1) is 34.8. The molecule has 0 saturated carbocycles. The molecule has 10 aromatic carbocycles. The number of hydrogen-bond acceptors (Lipinski definition) is 1. The summed E-state index contributed by atoms with van der Waals surface area (Å²) in [6.45, 7) is 9.42. The second-order valence-electron chi connectivity index (χ2n) is 19.9. The fourth-order valence-corrected chi connectivity index (χ4v) is 11.9. The third-order valence-corrected chi connectivity index (χ3v) is 15.8. The van der Waals surface area contributed by atoms with Crippen LogP contribution in [0.1, 0.15) is 73.9 Å². The third kappa shape index (κ3) is 7.65. The molecular formula is C70H57N. The number of anilines is 3. The van der Waals surface area contributed by atoms with Gasteiger partial charge in [0.25, 0.3) is 0 Å². The summed E-state index contributed by atoms with van der Waals surface area (Å²) in [6, 6.07) is 87.5. The van der Waals surface area contributed by atoms with Crippen LogP contribution in [0.3, 0.4) is 0 Å². The Kier molecular flexibility index (Phi) is 11.1. The van der Waals surface area contributed by atoms with Gasteiger partial charge in [-0.2, -0.15) is 0 Å². The van der Waals surface area contributed by atoms with Crippen molar-refractivity contribution in [3.63, 3.8) is 0 Å². The van der Waals surface area contributed by atoms with E-state index >= 15 is 0 Å². The van der Waals surface area contributed by atoms with E-state index in [4.69, 9.17) is 0 Å². The maximum absolute atomic E-state index is 2.46. The van der Waals surface area contributed by atoms with Crippen LogP contribution in [-0.2, 0) is 10.8 Å². The molecule has 0 saturated heterocycles. The highest BCUT2D eigenvalue weighted by molar-refractivity contribution is 5.90. The fraction of sp³-hybridized carbons (Fsp3) is 0.114. The van der Waals surface area contributed by atoms with E-state index in [1.807, 2.05) is 0 Å². The van der Waals surface area contributed by atoms with Crippen molar-refractivity contribution in [1.82, 2.24) is 0 Å². The second-order valence-corrected chi connectivity index (χ2v) is 19.9. The quantitative estimate of drug-likeness (QED) is 0.117. The van der Waals surface area contributed by atoms with Crippen molar-refractivity contribution < 1.29 is 0 Å². The third-order valence-electron chi connectivity index (χ3n) is 15.8. The average Bonchev–Trinajstić information content (AvgIpc) is 3.84. The molecule has 0 atom stereocenters. The molecule has 342 valence electrons. The first-order valence-corrected chi connectivity index (χ1v) is 25.4. The zero-order valence-corrected chi connectivity index (χ0v) is 41.0. The van der Waals surface area contributed by atoms with Crippen LogP contribution in [-0.4, -0.2) is 0 Å². The Bertz CT molecular complexity index is 3560. The fourth-order valence-electron chi connectivity index (χ4n) is 11.9. The van der Waals surface area contributed by atoms with Gasteiger partial charge in [0.2, 0.25) is 0 Å². The van der Waals surface area contributed by atoms with Gasteiger partial charge in [-0.25, -0.2) is 0 Å². The molecule has 71 heavy (non-hydrogen) atoms. The Balaban J connectivity index is 0.834. The minimum absolute atomic E-state index is 0.0351. The summed E-state index contributed by atoms with van der Waals surface area (Å²) in [5.41, 5.74) is 26.6. The van der Waals surface area contributed by atoms with Gasteiger partial charge in [-0.15, -0.1) is 0 Å². The molecule has 10 aromatic rings. The lowest BCUT2D eigenvalue weighted by molar-refractivity contribution is 0.490. The molecule has 2 aliphatic carbocycles. The summed E-state index contributed by atoms with van der Waals surface area (Å²) in [6.07, 6.45) is 6.60. The summed E-state index contributed by atoms with van der Waals surface area (Å²) in [5, 5.41) is 0. The Morgan fingerprint density at radius 3 is 1.44 bits per heavy atom. The normalized spacial score (nSPS) is 13.6. The van der Waals surface area contributed by atoms with Crippen molar-refractivity contribution in [2.45, 2.75) is 51.4 Å². The number of nitrogens with zero attached hydrogens (tertiary/aromatic N) is 1. The van der Waals surface area contributed by atoms with Crippen molar-refractivity contribution in [2.75, 3.05) is 4.90 Å². The smallest absolute Gasteiger partial charge is 0.0465 e. The number of para-hydroxylation sites is 2. The van der Waals surface area contributed by atoms with Crippen LogP contribution in [0.5, 0.6) is 0 Å². The molecule has 0 bridgehead atoms. The van der Waals surface area contributed by atoms with Crippen LogP contribution in [0.4, 0.5) is 17.1 Å². The molecule has 0 fully saturated rings. The first-order valence-electron chi connectivity index (χ1n) is 25.4. The van der Waals surface area contributed by atoms with Crippen LogP contribution in [0.25, 0.3) is 78.9 Å². The zero-order valence-electron chi connectivity index (χ0n) is 41.0. The van der Waals surface area contributed by atoms with Crippen molar-refractivity contribution >= 4 is 29.2 Å². The van der Waals surface area contributed by atoms with Gasteiger partial charge in [-0.1, -0.05) is 228 Å². The van der Waals surface area contributed by atoms with Crippen LogP contribution in [0.15, 0.2) is 237 Å². The molecule has 12 rings (SSSR count). The van der Waals surface area contributed by atoms with Gasteiger partial charge in [0.1, 0.15) is 0 Å². The van der Waals surface area contributed by atoms with Gasteiger partial charge >= 0.3 is 0 Å². The Morgan fingerprint density at radius 1 is 0.310 bits per heavy atom. The molecule has 0 amide bonds. The van der Waals surface area contributed by atoms with Gasteiger partial charge < -0.3 is 4.90 Å². The molecule has 1 heteroatoms. The minimum Gasteiger partial charge on any atom is -0.310 e. The summed E-state index contributed by atoms with van der Waals surface area (Å²) < 4.78 is 0. The number of rotatable bonds is 11. The maximum Gasteiger partial charge on any atom is 0.0465 e. The predicted octanol–water partition coefficient (Wildman–Crippen LogP) is 19.4. The molecule has 0 heterocycles. The number of hydrogen-bond donors (Lipinski definition) is 0. The highest BCUT2D eigenvalue weighted by Gasteiger charge is 2.41. The van der Waals surface area contributed by atoms with Crippen molar-refractivity contribution in [2.24, 2.45) is 0 Å². The highest BCUT2D eigenvalue weighted by atomic mass is 15.1. The Labute approximate surface area is 420 Å². The van der Waals surface area contributed by atoms with Gasteiger partial charge in [0, 0.05) is 27.9 Å². The Morgan fingerprint density at radius 2 is 0.761 bits per heavy atom. The first kappa shape index (κ1) is 44.0. The van der Waals surface area contributed by atoms with Crippen LogP contribution in [0, 0.1) is 0 Å². The lowest BCUT2D eigenvalue weighted by atomic mass is 9.73. The molecule has 0 unspecified atom stereocenters. The lowest BCUT2D eigenvalue weighted by Crippen LogP contribution is -2.23. The lowest BCUT2D eigenvalue weighted by Gasteiger charge is -2.32. The molecule has 0 radical (unpaired) electrons. The maximum atomic E-state index is 2.46. The number of fused-ring (bicyclic) bond motifs is 6. The van der Waals surface area contributed by atoms with Crippen molar-refractivity contribution in [3.05, 3.63) is 270 Å². The van der Waals surface area contributed by atoms with Gasteiger partial charge in [-0.3, -0.25) is 0 Å². The van der Waals surface area contributed by atoms with Gasteiger partial charge in [0.15, 0.2) is 0 Å². The summed E-state index contributed by atoms with van der Waals surface area (Å²) >= 11 is 0. The zero-order chi connectivity index (χ0) is 48.1. The second kappa shape index (κ2) is 17.9. The summed E-state index contributed by atoms with van der Waals surface area (Å²) in [7, 11) is 0. The van der Waals surface area contributed by atoms with E-state index in [0.717, 1.165) is 24.2 Å². The standard InChI is InChI=1S/C70H57N/c1-5-70(6-2)67-44-49(30-40-62(67)63-43-39-58(47-68(63)70)71(56-20-12-8-13-21-56)57-22-14-9-15-23-57)27-26-48-28-31-52(32-29-48)59-41-37-54(50-18-10-7-11-19-50)45-64(59)53-35-33-51(34-36-53)55-38-42-61-60-24-16-17-25-65(60)69(3,4)66(61)46-55/h7-47H,5-6H2,1-4H3/b27-26+. The highest BCUT2D eigenvalue weighted by Crippen LogP contribution is 2.55. The summed E-state index contributed by atoms with van der Waals surface area (Å²) in [4.78, 5) is 2.38. The SMILES string of the molecule is CCC1(CC)c2cc(/C=C/c3ccc(-c4ccc(-c5ccccc5)cc4-c4ccc(-c5ccc6c(c5)C(C)(C)c5ccccc5-6)cc4)cc3)ccc2-c2ccc(N(c3ccccc3)c3ccccc3)cc21. The van der Waals surface area contributed by atoms with Gasteiger partial charge in [-0.05, 0) is 162 Å². The number of benzene rings is 10. The van der Waals surface area contributed by atoms with Gasteiger partial charge in [0.05, 0.1) is 0 Å². The molecular weight excluding hydrogens is 855 g/mol. The van der Waals surface area contributed by atoms with Crippen LogP contribution in [0.2, 0.25) is 0 Å². The van der Waals surface area contributed by atoms with E-state index in [1.165, 1.54) is 106 Å². The largest absolute Gasteiger partial charge is 0.310 e. The topological polar surface area (TPSA) is 3.24 Å². The van der Waals surface area contributed by atoms with Crippen molar-refractivity contribution in [1.29, 1.82) is 0 Å². The van der Waals surface area contributed by atoms with Crippen LogP contribution >= 0.6 is 0 Å². The molecule has 2 aliphatic rings. The minimum atomic E-state index is -0.0781. The van der Waals surface area contributed by atoms with E-state index in [2.05, 4.69) is 281 Å². The van der Waals surface area contributed by atoms with E-state index < -0.39 is 0 Å². The molecule has 0 N–H and O–H groups in total. The molecule has 0 aliphatic heterocycles.